The number of rotatable bonds is 4. The quantitative estimate of drug-likeness (QED) is 0.820. The van der Waals surface area contributed by atoms with E-state index < -0.39 is 0 Å². The first-order valence-electron chi connectivity index (χ1n) is 6.82. The number of para-hydroxylation sites is 1. The van der Waals surface area contributed by atoms with E-state index in [2.05, 4.69) is 50.4 Å². The van der Waals surface area contributed by atoms with Gasteiger partial charge in [-0.2, -0.15) is 0 Å². The molecule has 1 aromatic rings. The van der Waals surface area contributed by atoms with Gasteiger partial charge >= 0.3 is 0 Å². The molecule has 1 N–H and O–H groups in total. The minimum absolute atomic E-state index is 0.407. The van der Waals surface area contributed by atoms with E-state index in [0.29, 0.717) is 12.0 Å². The van der Waals surface area contributed by atoms with Gasteiger partial charge in [0.25, 0.3) is 0 Å². The molecular weight excluding hydrogens is 222 g/mol. The van der Waals surface area contributed by atoms with Crippen LogP contribution < -0.4 is 10.1 Å². The van der Waals surface area contributed by atoms with Gasteiger partial charge in [-0.15, -0.1) is 0 Å². The normalized spacial score (nSPS) is 19.6. The van der Waals surface area contributed by atoms with Crippen molar-refractivity contribution >= 4 is 0 Å². The Balaban J connectivity index is 2.29. The number of likely N-dealkylation sites (N-methyl/N-ethyl adjacent to an activating group) is 1. The summed E-state index contributed by atoms with van der Waals surface area (Å²) in [5.74, 6) is 1.57. The first-order chi connectivity index (χ1) is 8.72. The molecule has 1 aliphatic heterocycles. The second kappa shape index (κ2) is 6.05. The maximum atomic E-state index is 5.74. The standard InChI is InChI=1S/C16H23NO/c1-4-17-15(11-12(2)3)13-9-10-18-16-8-6-5-7-14(13)16/h5-8,11,13,15,17H,4,9-10H2,1-3H3. The molecule has 0 aromatic heterocycles. The Labute approximate surface area is 110 Å². The van der Waals surface area contributed by atoms with Gasteiger partial charge in [-0.05, 0) is 38.4 Å². The molecule has 0 spiro atoms. The van der Waals surface area contributed by atoms with Gasteiger partial charge in [-0.25, -0.2) is 0 Å². The van der Waals surface area contributed by atoms with Crippen molar-refractivity contribution in [3.05, 3.63) is 41.5 Å². The number of nitrogens with one attached hydrogen (secondary N) is 1. The van der Waals surface area contributed by atoms with Gasteiger partial charge in [0.2, 0.25) is 0 Å². The molecular formula is C16H23NO. The molecule has 2 rings (SSSR count). The maximum absolute atomic E-state index is 5.74. The molecule has 1 heterocycles. The van der Waals surface area contributed by atoms with Crippen LogP contribution in [-0.4, -0.2) is 19.2 Å². The molecule has 2 unspecified atom stereocenters. The fourth-order valence-corrected chi connectivity index (χ4v) is 2.65. The predicted molar refractivity (Wildman–Crippen MR) is 76.2 cm³/mol. The van der Waals surface area contributed by atoms with Gasteiger partial charge in [-0.1, -0.05) is 36.8 Å². The number of hydrogen-bond donors (Lipinski definition) is 1. The van der Waals surface area contributed by atoms with E-state index >= 15 is 0 Å². The fourth-order valence-electron chi connectivity index (χ4n) is 2.65. The first kappa shape index (κ1) is 13.2. The van der Waals surface area contributed by atoms with E-state index in [0.717, 1.165) is 25.3 Å². The summed E-state index contributed by atoms with van der Waals surface area (Å²) in [7, 11) is 0. The van der Waals surface area contributed by atoms with Crippen molar-refractivity contribution in [1.29, 1.82) is 0 Å². The molecule has 98 valence electrons. The highest BCUT2D eigenvalue weighted by atomic mass is 16.5. The number of hydrogen-bond acceptors (Lipinski definition) is 2. The first-order valence-corrected chi connectivity index (χ1v) is 6.82. The van der Waals surface area contributed by atoms with Crippen molar-refractivity contribution in [3.63, 3.8) is 0 Å². The largest absolute Gasteiger partial charge is 0.493 e. The summed E-state index contributed by atoms with van der Waals surface area (Å²) in [4.78, 5) is 0. The second-order valence-electron chi connectivity index (χ2n) is 5.11. The van der Waals surface area contributed by atoms with Gasteiger partial charge in [0.05, 0.1) is 6.61 Å². The Morgan fingerprint density at radius 3 is 2.94 bits per heavy atom. The molecule has 2 atom stereocenters. The minimum atomic E-state index is 0.407. The zero-order valence-electron chi connectivity index (χ0n) is 11.6. The molecule has 2 nitrogen and oxygen atoms in total. The molecule has 0 amide bonds. The number of ether oxygens (including phenoxy) is 1. The SMILES string of the molecule is CCNC(C=C(C)C)C1CCOc2ccccc21. The molecule has 0 saturated heterocycles. The highest BCUT2D eigenvalue weighted by molar-refractivity contribution is 5.39. The van der Waals surface area contributed by atoms with Gasteiger partial charge in [0.15, 0.2) is 0 Å². The highest BCUT2D eigenvalue weighted by Crippen LogP contribution is 2.36. The van der Waals surface area contributed by atoms with Crippen molar-refractivity contribution in [2.75, 3.05) is 13.2 Å². The van der Waals surface area contributed by atoms with Crippen LogP contribution in [0, 0.1) is 0 Å². The lowest BCUT2D eigenvalue weighted by molar-refractivity contribution is 0.255. The van der Waals surface area contributed by atoms with E-state index in [1.807, 2.05) is 6.07 Å². The van der Waals surface area contributed by atoms with Crippen LogP contribution in [0.3, 0.4) is 0 Å². The van der Waals surface area contributed by atoms with Crippen LogP contribution >= 0.6 is 0 Å². The third-order valence-corrected chi connectivity index (χ3v) is 3.39. The number of benzene rings is 1. The summed E-state index contributed by atoms with van der Waals surface area (Å²) >= 11 is 0. The van der Waals surface area contributed by atoms with Crippen LogP contribution in [-0.2, 0) is 0 Å². The Morgan fingerprint density at radius 1 is 1.44 bits per heavy atom. The van der Waals surface area contributed by atoms with Gasteiger partial charge in [0, 0.05) is 12.0 Å². The molecule has 18 heavy (non-hydrogen) atoms. The van der Waals surface area contributed by atoms with Crippen molar-refractivity contribution in [2.45, 2.75) is 39.2 Å². The molecule has 0 aliphatic carbocycles. The summed E-state index contributed by atoms with van der Waals surface area (Å²) in [6, 6.07) is 8.83. The minimum Gasteiger partial charge on any atom is -0.493 e. The monoisotopic (exact) mass is 245 g/mol. The van der Waals surface area contributed by atoms with Crippen molar-refractivity contribution in [3.8, 4) is 5.75 Å². The molecule has 1 aliphatic rings. The smallest absolute Gasteiger partial charge is 0.122 e. The molecule has 0 saturated carbocycles. The third-order valence-electron chi connectivity index (χ3n) is 3.39. The molecule has 0 radical (unpaired) electrons. The second-order valence-corrected chi connectivity index (χ2v) is 5.11. The third kappa shape index (κ3) is 2.94. The maximum Gasteiger partial charge on any atom is 0.122 e. The average molecular weight is 245 g/mol. The van der Waals surface area contributed by atoms with Crippen LogP contribution in [0.4, 0.5) is 0 Å². The summed E-state index contributed by atoms with van der Waals surface area (Å²) in [6.45, 7) is 8.30. The van der Waals surface area contributed by atoms with Gasteiger partial charge < -0.3 is 10.1 Å². The number of allylic oxidation sites excluding steroid dienone is 1. The van der Waals surface area contributed by atoms with E-state index in [9.17, 15) is 0 Å². The Morgan fingerprint density at radius 2 is 2.22 bits per heavy atom. The average Bonchev–Trinajstić information content (AvgIpc) is 2.37. The summed E-state index contributed by atoms with van der Waals surface area (Å²) in [6.07, 6.45) is 3.43. The molecule has 2 heteroatoms. The van der Waals surface area contributed by atoms with E-state index in [-0.39, 0.29) is 0 Å². The lowest BCUT2D eigenvalue weighted by Gasteiger charge is -2.31. The Kier molecular flexibility index (Phi) is 4.43. The van der Waals surface area contributed by atoms with E-state index in [1.165, 1.54) is 11.1 Å². The predicted octanol–water partition coefficient (Wildman–Crippen LogP) is 3.50. The molecule has 0 bridgehead atoms. The van der Waals surface area contributed by atoms with Gasteiger partial charge in [0.1, 0.15) is 5.75 Å². The zero-order chi connectivity index (χ0) is 13.0. The summed E-state index contributed by atoms with van der Waals surface area (Å²) in [5, 5.41) is 3.59. The summed E-state index contributed by atoms with van der Waals surface area (Å²) < 4.78 is 5.74. The topological polar surface area (TPSA) is 21.3 Å². The van der Waals surface area contributed by atoms with Crippen molar-refractivity contribution in [1.82, 2.24) is 5.32 Å². The van der Waals surface area contributed by atoms with E-state index in [1.54, 1.807) is 0 Å². The Hall–Kier alpha value is -1.28. The van der Waals surface area contributed by atoms with Crippen LogP contribution in [0.1, 0.15) is 38.7 Å². The molecule has 0 fully saturated rings. The fraction of sp³-hybridized carbons (Fsp3) is 0.500. The van der Waals surface area contributed by atoms with Crippen LogP contribution in [0.25, 0.3) is 0 Å². The molecule has 1 aromatic carbocycles. The zero-order valence-corrected chi connectivity index (χ0v) is 11.6. The van der Waals surface area contributed by atoms with Crippen molar-refractivity contribution < 1.29 is 4.74 Å². The van der Waals surface area contributed by atoms with Crippen LogP contribution in [0.5, 0.6) is 5.75 Å². The highest BCUT2D eigenvalue weighted by Gasteiger charge is 2.26. The van der Waals surface area contributed by atoms with Crippen molar-refractivity contribution in [2.24, 2.45) is 0 Å². The lowest BCUT2D eigenvalue weighted by Crippen LogP contribution is -2.35. The van der Waals surface area contributed by atoms with Gasteiger partial charge in [-0.3, -0.25) is 0 Å². The van der Waals surface area contributed by atoms with E-state index in [4.69, 9.17) is 4.74 Å². The van der Waals surface area contributed by atoms with Crippen LogP contribution in [0.15, 0.2) is 35.9 Å². The lowest BCUT2D eigenvalue weighted by atomic mass is 9.85. The van der Waals surface area contributed by atoms with Crippen LogP contribution in [0.2, 0.25) is 0 Å². The Bertz CT molecular complexity index is 421. The number of fused-ring (bicyclic) bond motifs is 1. The summed E-state index contributed by atoms with van der Waals surface area (Å²) in [5.41, 5.74) is 2.71.